The molecule has 1 saturated heterocycles. The number of pyridine rings is 1. The van der Waals surface area contributed by atoms with Gasteiger partial charge in [-0.05, 0) is 43.4 Å². The number of aromatic nitrogens is 5. The molecule has 4 aromatic rings. The molecule has 238 valence electrons. The highest BCUT2D eigenvalue weighted by molar-refractivity contribution is 5.92. The van der Waals surface area contributed by atoms with Gasteiger partial charge in [-0.15, -0.1) is 0 Å². The summed E-state index contributed by atoms with van der Waals surface area (Å²) >= 11 is 0. The van der Waals surface area contributed by atoms with Crippen LogP contribution >= 0.6 is 0 Å². The molecule has 0 unspecified atom stereocenters. The number of amides is 2. The van der Waals surface area contributed by atoms with Crippen LogP contribution in [0.5, 0.6) is 0 Å². The maximum absolute atomic E-state index is 13.4. The normalized spacial score (nSPS) is 13.5. The highest BCUT2D eigenvalue weighted by Gasteiger charge is 2.21. The first-order chi connectivity index (χ1) is 22.5. The maximum Gasteiger partial charge on any atom is 0.327 e. The van der Waals surface area contributed by atoms with Gasteiger partial charge in [-0.2, -0.15) is 15.3 Å². The second-order valence-electron chi connectivity index (χ2n) is 11.2. The van der Waals surface area contributed by atoms with Crippen molar-refractivity contribution in [3.63, 3.8) is 0 Å². The van der Waals surface area contributed by atoms with Crippen molar-refractivity contribution in [1.29, 1.82) is 5.26 Å². The summed E-state index contributed by atoms with van der Waals surface area (Å²) < 4.78 is 6.98. The Kier molecular flexibility index (Phi) is 11.3. The van der Waals surface area contributed by atoms with Crippen molar-refractivity contribution < 1.29 is 9.53 Å². The third-order valence-electron chi connectivity index (χ3n) is 7.57. The number of benzene rings is 1. The molecule has 0 radical (unpaired) electrons. The number of nitriles is 1. The van der Waals surface area contributed by atoms with E-state index in [2.05, 4.69) is 49.0 Å². The Balaban J connectivity index is 1.21. The fourth-order valence-corrected chi connectivity index (χ4v) is 5.01. The van der Waals surface area contributed by atoms with Crippen molar-refractivity contribution in [1.82, 2.24) is 30.0 Å². The van der Waals surface area contributed by atoms with Crippen LogP contribution in [0, 0.1) is 11.3 Å². The number of carbonyl (C=O) groups excluding carboxylic acids is 1. The van der Waals surface area contributed by atoms with Crippen molar-refractivity contribution in [2.24, 2.45) is 7.05 Å². The van der Waals surface area contributed by atoms with Gasteiger partial charge >= 0.3 is 6.03 Å². The summed E-state index contributed by atoms with van der Waals surface area (Å²) in [6.07, 6.45) is 15.3. The number of aryl methyl sites for hydroxylation is 1. The van der Waals surface area contributed by atoms with Crippen molar-refractivity contribution >= 4 is 23.6 Å². The number of nitrogens with one attached hydrogen (secondary N) is 3. The fraction of sp³-hybridized carbons (Fsp3) is 0.353. The Hall–Kier alpha value is -5.28. The minimum Gasteiger partial charge on any atom is -0.377 e. The van der Waals surface area contributed by atoms with Crippen LogP contribution in [-0.4, -0.2) is 56.1 Å². The van der Waals surface area contributed by atoms with Crippen molar-refractivity contribution in [2.45, 2.75) is 57.7 Å². The van der Waals surface area contributed by atoms with Gasteiger partial charge in [-0.1, -0.05) is 49.8 Å². The minimum absolute atomic E-state index is 0.155. The molecule has 12 nitrogen and oxygen atoms in total. The molecule has 5 rings (SSSR count). The lowest BCUT2D eigenvalue weighted by Gasteiger charge is -2.27. The first kappa shape index (κ1) is 32.1. The lowest BCUT2D eigenvalue weighted by atomic mass is 10.1. The number of rotatable bonds is 15. The topological polar surface area (TPSA) is 146 Å². The largest absolute Gasteiger partial charge is 0.377 e. The Morgan fingerprint density at radius 1 is 1.13 bits per heavy atom. The number of urea groups is 1. The van der Waals surface area contributed by atoms with Crippen LogP contribution in [0.2, 0.25) is 0 Å². The lowest BCUT2D eigenvalue weighted by molar-refractivity contribution is 0.0209. The zero-order valence-corrected chi connectivity index (χ0v) is 26.3. The molecule has 0 spiro atoms. The Labute approximate surface area is 269 Å². The predicted molar refractivity (Wildman–Crippen MR) is 178 cm³/mol. The average Bonchev–Trinajstić information content (AvgIpc) is 3.50. The molecule has 0 saturated carbocycles. The van der Waals surface area contributed by atoms with Crippen LogP contribution in [0.25, 0.3) is 11.1 Å². The maximum atomic E-state index is 13.4. The van der Waals surface area contributed by atoms with Gasteiger partial charge in [-0.25, -0.2) is 14.8 Å². The minimum atomic E-state index is -0.261. The number of hydrogen-bond donors (Lipinski definition) is 3. The van der Waals surface area contributed by atoms with E-state index in [1.165, 1.54) is 0 Å². The van der Waals surface area contributed by atoms with Crippen LogP contribution in [0.4, 0.5) is 22.4 Å². The van der Waals surface area contributed by atoms with E-state index in [1.54, 1.807) is 34.4 Å². The standard InChI is InChI=1S/C34H40N10O2/c1-3-10-29(41-33-37-20-27(17-35)32(42-33)40-30-23-46-24-30)13-8-5-9-16-44(34(45)38-18-25-11-6-4-7-12-25)31-15-14-26(19-36-31)28-21-39-43(2)22-28/h4,6-7,9,11-12,14-16,19-22,29-30H,3,5,8,10,13,18,23-24H2,1-2H3,(H,38,45)(H2,37,40,41,42)/b16-9+/t29-/m1/s1. The van der Waals surface area contributed by atoms with Crippen molar-refractivity contribution in [2.75, 3.05) is 28.7 Å². The van der Waals surface area contributed by atoms with E-state index >= 15 is 0 Å². The lowest BCUT2D eigenvalue weighted by Crippen LogP contribution is -2.40. The first-order valence-electron chi connectivity index (χ1n) is 15.6. The molecule has 1 aliphatic rings. The van der Waals surface area contributed by atoms with E-state index in [0.717, 1.165) is 48.8 Å². The number of anilines is 3. The van der Waals surface area contributed by atoms with Crippen LogP contribution in [0.3, 0.4) is 0 Å². The highest BCUT2D eigenvalue weighted by Crippen LogP contribution is 2.22. The van der Waals surface area contributed by atoms with Crippen molar-refractivity contribution in [3.05, 3.63) is 90.7 Å². The van der Waals surface area contributed by atoms with E-state index in [0.29, 0.717) is 42.9 Å². The molecule has 3 N–H and O–H groups in total. The second kappa shape index (κ2) is 16.2. The molecular weight excluding hydrogens is 580 g/mol. The number of unbranched alkanes of at least 4 members (excludes halogenated alkanes) is 1. The molecule has 1 atom stereocenters. The van der Waals surface area contributed by atoms with Gasteiger partial charge in [-0.3, -0.25) is 9.58 Å². The van der Waals surface area contributed by atoms with E-state index in [-0.39, 0.29) is 18.1 Å². The fourth-order valence-electron chi connectivity index (χ4n) is 5.01. The summed E-state index contributed by atoms with van der Waals surface area (Å²) in [6.45, 7) is 3.76. The molecular formula is C34H40N10O2. The highest BCUT2D eigenvalue weighted by atomic mass is 16.5. The zero-order chi connectivity index (χ0) is 32.1. The second-order valence-corrected chi connectivity index (χ2v) is 11.2. The van der Waals surface area contributed by atoms with E-state index in [4.69, 9.17) is 4.74 Å². The monoisotopic (exact) mass is 620 g/mol. The predicted octanol–water partition coefficient (Wildman–Crippen LogP) is 5.64. The molecule has 46 heavy (non-hydrogen) atoms. The number of nitrogens with zero attached hydrogens (tertiary/aromatic N) is 7. The van der Waals surface area contributed by atoms with Crippen LogP contribution in [0.15, 0.2) is 79.5 Å². The van der Waals surface area contributed by atoms with E-state index < -0.39 is 0 Å². The number of carbonyl (C=O) groups is 1. The number of ether oxygens (including phenoxy) is 1. The third kappa shape index (κ3) is 8.89. The Morgan fingerprint density at radius 3 is 2.65 bits per heavy atom. The van der Waals surface area contributed by atoms with Crippen LogP contribution < -0.4 is 20.9 Å². The molecule has 2 amide bonds. The first-order valence-corrected chi connectivity index (χ1v) is 15.6. The zero-order valence-electron chi connectivity index (χ0n) is 26.3. The van der Waals surface area contributed by atoms with Gasteiger partial charge in [0, 0.05) is 49.4 Å². The molecule has 1 aromatic carbocycles. The van der Waals surface area contributed by atoms with Gasteiger partial charge in [0.1, 0.15) is 23.3 Å². The van der Waals surface area contributed by atoms with Gasteiger partial charge in [0.25, 0.3) is 0 Å². The summed E-state index contributed by atoms with van der Waals surface area (Å²) in [5, 5.41) is 23.4. The van der Waals surface area contributed by atoms with Gasteiger partial charge in [0.2, 0.25) is 5.95 Å². The number of allylic oxidation sites excluding steroid dienone is 1. The number of hydrogen-bond acceptors (Lipinski definition) is 9. The summed E-state index contributed by atoms with van der Waals surface area (Å²) in [7, 11) is 1.87. The molecule has 0 bridgehead atoms. The van der Waals surface area contributed by atoms with E-state index in [1.807, 2.05) is 61.8 Å². The quantitative estimate of drug-likeness (QED) is 0.144. The summed E-state index contributed by atoms with van der Waals surface area (Å²) in [6, 6.07) is 15.8. The van der Waals surface area contributed by atoms with Crippen LogP contribution in [-0.2, 0) is 18.3 Å². The van der Waals surface area contributed by atoms with Gasteiger partial charge < -0.3 is 20.7 Å². The Morgan fingerprint density at radius 2 is 1.98 bits per heavy atom. The Bertz CT molecular complexity index is 1630. The van der Waals surface area contributed by atoms with E-state index in [9.17, 15) is 10.1 Å². The SMILES string of the molecule is CCC[C@H](CCC/C=C/N(C(=O)NCc1ccccc1)c1ccc(-c2cnn(C)c2)cn1)Nc1ncc(C#N)c(NC2COC2)n1. The van der Waals surface area contributed by atoms with Crippen LogP contribution in [0.1, 0.15) is 50.2 Å². The summed E-state index contributed by atoms with van der Waals surface area (Å²) in [5.41, 5.74) is 3.30. The van der Waals surface area contributed by atoms with Crippen molar-refractivity contribution in [3.8, 4) is 17.2 Å². The molecule has 1 aliphatic heterocycles. The molecule has 4 heterocycles. The molecule has 12 heteroatoms. The average molecular weight is 621 g/mol. The summed E-state index contributed by atoms with van der Waals surface area (Å²) in [5.74, 6) is 1.55. The van der Waals surface area contributed by atoms with Gasteiger partial charge in [0.15, 0.2) is 0 Å². The molecule has 1 fully saturated rings. The molecule has 3 aromatic heterocycles. The molecule has 0 aliphatic carbocycles. The smallest absolute Gasteiger partial charge is 0.327 e. The van der Waals surface area contributed by atoms with Gasteiger partial charge in [0.05, 0.1) is 31.6 Å². The summed E-state index contributed by atoms with van der Waals surface area (Å²) in [4.78, 5) is 28.5. The third-order valence-corrected chi connectivity index (χ3v) is 7.57.